The van der Waals surface area contributed by atoms with Crippen LogP contribution in [0.2, 0.25) is 0 Å². The molecule has 0 aliphatic rings. The van der Waals surface area contributed by atoms with Crippen LogP contribution in [0.4, 0.5) is 0 Å². The van der Waals surface area contributed by atoms with Crippen LogP contribution in [-0.2, 0) is 19.3 Å². The number of hydrogen-bond donors (Lipinski definition) is 1. The third-order valence-electron chi connectivity index (χ3n) is 3.65. The smallest absolute Gasteiger partial charge is 0.0419 e. The van der Waals surface area contributed by atoms with Crippen LogP contribution in [0.3, 0.4) is 0 Å². The van der Waals surface area contributed by atoms with Gasteiger partial charge in [-0.25, -0.2) is 0 Å². The topological polar surface area (TPSA) is 38.9 Å². The second kappa shape index (κ2) is 7.81. The molecule has 0 fully saturated rings. The van der Waals surface area contributed by atoms with Crippen LogP contribution in [0.5, 0.6) is 0 Å². The predicted molar refractivity (Wildman–Crippen MR) is 84.7 cm³/mol. The summed E-state index contributed by atoms with van der Waals surface area (Å²) in [5, 5.41) is 0. The molecule has 2 aromatic rings. The molecule has 106 valence electrons. The molecule has 0 amide bonds. The minimum absolute atomic E-state index is 0.207. The fraction of sp³-hybridized carbons (Fsp3) is 0.389. The lowest BCUT2D eigenvalue weighted by Crippen LogP contribution is -2.23. The summed E-state index contributed by atoms with van der Waals surface area (Å²) < 4.78 is 0. The number of hydrogen-bond acceptors (Lipinski definition) is 2. The Morgan fingerprint density at radius 3 is 2.50 bits per heavy atom. The highest BCUT2D eigenvalue weighted by molar-refractivity contribution is 5.15. The molecule has 20 heavy (non-hydrogen) atoms. The third kappa shape index (κ3) is 4.78. The molecule has 0 aliphatic heterocycles. The van der Waals surface area contributed by atoms with Gasteiger partial charge in [-0.2, -0.15) is 0 Å². The van der Waals surface area contributed by atoms with Gasteiger partial charge in [-0.1, -0.05) is 43.3 Å². The summed E-state index contributed by atoms with van der Waals surface area (Å²) in [7, 11) is 0. The van der Waals surface area contributed by atoms with Crippen molar-refractivity contribution < 1.29 is 0 Å². The van der Waals surface area contributed by atoms with Gasteiger partial charge in [-0.05, 0) is 42.9 Å². The number of nitrogens with two attached hydrogens (primary N) is 1. The molecule has 2 nitrogen and oxygen atoms in total. The summed E-state index contributed by atoms with van der Waals surface area (Å²) in [5.41, 5.74) is 9.98. The van der Waals surface area contributed by atoms with E-state index in [1.165, 1.54) is 11.1 Å². The molecule has 0 radical (unpaired) electrons. The molecule has 0 aliphatic carbocycles. The normalized spacial score (nSPS) is 12.3. The van der Waals surface area contributed by atoms with Gasteiger partial charge in [0.05, 0.1) is 0 Å². The Balaban J connectivity index is 1.73. The highest BCUT2D eigenvalue weighted by Crippen LogP contribution is 2.09. The number of nitrogens with zero attached hydrogens (tertiary/aromatic N) is 1. The summed E-state index contributed by atoms with van der Waals surface area (Å²) in [6, 6.07) is 15.1. The molecule has 0 saturated carbocycles. The maximum Gasteiger partial charge on any atom is 0.0419 e. The van der Waals surface area contributed by atoms with Crippen molar-refractivity contribution in [2.45, 2.75) is 45.1 Å². The Morgan fingerprint density at radius 1 is 1.05 bits per heavy atom. The van der Waals surface area contributed by atoms with Crippen LogP contribution in [0.1, 0.15) is 36.6 Å². The summed E-state index contributed by atoms with van der Waals surface area (Å²) in [6.45, 7) is 2.14. The number of rotatable bonds is 7. The van der Waals surface area contributed by atoms with E-state index in [1.54, 1.807) is 0 Å². The number of aryl methyl sites for hydroxylation is 2. The van der Waals surface area contributed by atoms with E-state index in [0.717, 1.165) is 37.8 Å². The first-order chi connectivity index (χ1) is 9.78. The van der Waals surface area contributed by atoms with Crippen molar-refractivity contribution in [1.82, 2.24) is 4.98 Å². The van der Waals surface area contributed by atoms with Crippen LogP contribution in [-0.4, -0.2) is 11.0 Å². The number of pyridine rings is 1. The van der Waals surface area contributed by atoms with Gasteiger partial charge >= 0.3 is 0 Å². The van der Waals surface area contributed by atoms with Crippen LogP contribution in [0.15, 0.2) is 48.7 Å². The molecule has 1 aromatic carbocycles. The van der Waals surface area contributed by atoms with E-state index in [-0.39, 0.29) is 6.04 Å². The average Bonchev–Trinajstić information content (AvgIpc) is 2.49. The van der Waals surface area contributed by atoms with Gasteiger partial charge in [0.25, 0.3) is 0 Å². The molecular weight excluding hydrogens is 244 g/mol. The summed E-state index contributed by atoms with van der Waals surface area (Å²) in [4.78, 5) is 4.48. The van der Waals surface area contributed by atoms with Crippen LogP contribution < -0.4 is 5.73 Å². The van der Waals surface area contributed by atoms with Gasteiger partial charge in [-0.15, -0.1) is 0 Å². The van der Waals surface area contributed by atoms with Crippen molar-refractivity contribution in [2.24, 2.45) is 5.73 Å². The predicted octanol–water partition coefficient (Wildman–Crippen LogP) is 3.54. The lowest BCUT2D eigenvalue weighted by Gasteiger charge is -2.11. The Bertz CT molecular complexity index is 491. The quantitative estimate of drug-likeness (QED) is 0.834. The lowest BCUT2D eigenvalue weighted by molar-refractivity contribution is 0.574. The molecule has 0 bridgehead atoms. The van der Waals surface area contributed by atoms with Gasteiger partial charge < -0.3 is 5.73 Å². The Kier molecular flexibility index (Phi) is 5.75. The van der Waals surface area contributed by atoms with Crippen molar-refractivity contribution in [3.63, 3.8) is 0 Å². The van der Waals surface area contributed by atoms with Crippen LogP contribution in [0, 0.1) is 0 Å². The van der Waals surface area contributed by atoms with E-state index in [4.69, 9.17) is 5.73 Å². The maximum atomic E-state index is 6.20. The zero-order chi connectivity index (χ0) is 14.2. The average molecular weight is 268 g/mol. The highest BCUT2D eigenvalue weighted by atomic mass is 14.7. The second-order valence-electron chi connectivity index (χ2n) is 5.35. The molecule has 1 atom stereocenters. The Labute approximate surface area is 122 Å². The second-order valence-corrected chi connectivity index (χ2v) is 5.35. The summed E-state index contributed by atoms with van der Waals surface area (Å²) >= 11 is 0. The standard InChI is InChI=1S/C18H24N2/c1-2-15-11-12-18(20-14-15)13-17(19)10-6-9-16-7-4-3-5-8-16/h3-5,7-8,11-12,14,17H,2,6,9-10,13,19H2,1H3. The van der Waals surface area contributed by atoms with Crippen molar-refractivity contribution in [3.05, 3.63) is 65.5 Å². The van der Waals surface area contributed by atoms with Gasteiger partial charge in [0.2, 0.25) is 0 Å². The summed E-state index contributed by atoms with van der Waals surface area (Å²) in [6.07, 6.45) is 7.17. The first kappa shape index (κ1) is 14.7. The highest BCUT2D eigenvalue weighted by Gasteiger charge is 2.05. The van der Waals surface area contributed by atoms with Crippen molar-refractivity contribution in [2.75, 3.05) is 0 Å². The van der Waals surface area contributed by atoms with Crippen molar-refractivity contribution in [3.8, 4) is 0 Å². The first-order valence-corrected chi connectivity index (χ1v) is 7.51. The molecule has 0 spiro atoms. The molecule has 2 N–H and O–H groups in total. The van der Waals surface area contributed by atoms with E-state index in [1.807, 2.05) is 6.20 Å². The molecule has 0 saturated heterocycles. The zero-order valence-corrected chi connectivity index (χ0v) is 12.3. The zero-order valence-electron chi connectivity index (χ0n) is 12.3. The molecule has 2 heteroatoms. The molecular formula is C18H24N2. The molecule has 1 aromatic heterocycles. The van der Waals surface area contributed by atoms with E-state index >= 15 is 0 Å². The van der Waals surface area contributed by atoms with Crippen LogP contribution >= 0.6 is 0 Å². The maximum absolute atomic E-state index is 6.20. The molecule has 1 unspecified atom stereocenters. The van der Waals surface area contributed by atoms with Gasteiger partial charge in [0.1, 0.15) is 0 Å². The fourth-order valence-corrected chi connectivity index (χ4v) is 2.37. The number of benzene rings is 1. The van der Waals surface area contributed by atoms with E-state index in [0.29, 0.717) is 0 Å². The van der Waals surface area contributed by atoms with Crippen LogP contribution in [0.25, 0.3) is 0 Å². The van der Waals surface area contributed by atoms with Gasteiger partial charge in [0.15, 0.2) is 0 Å². The largest absolute Gasteiger partial charge is 0.327 e. The number of aromatic nitrogens is 1. The SMILES string of the molecule is CCc1ccc(CC(N)CCCc2ccccc2)nc1. The van der Waals surface area contributed by atoms with Gasteiger partial charge in [0, 0.05) is 24.4 Å². The monoisotopic (exact) mass is 268 g/mol. The third-order valence-corrected chi connectivity index (χ3v) is 3.65. The fourth-order valence-electron chi connectivity index (χ4n) is 2.37. The summed E-state index contributed by atoms with van der Waals surface area (Å²) in [5.74, 6) is 0. The minimum Gasteiger partial charge on any atom is -0.327 e. The molecule has 2 rings (SSSR count). The van der Waals surface area contributed by atoms with Crippen molar-refractivity contribution >= 4 is 0 Å². The van der Waals surface area contributed by atoms with E-state index < -0.39 is 0 Å². The first-order valence-electron chi connectivity index (χ1n) is 7.51. The Hall–Kier alpha value is -1.67. The molecule has 1 heterocycles. The van der Waals surface area contributed by atoms with E-state index in [9.17, 15) is 0 Å². The van der Waals surface area contributed by atoms with Crippen molar-refractivity contribution in [1.29, 1.82) is 0 Å². The minimum atomic E-state index is 0.207. The van der Waals surface area contributed by atoms with E-state index in [2.05, 4.69) is 54.4 Å². The Morgan fingerprint density at radius 2 is 1.85 bits per heavy atom. The van der Waals surface area contributed by atoms with Gasteiger partial charge in [-0.3, -0.25) is 4.98 Å². The lowest BCUT2D eigenvalue weighted by atomic mass is 10.0.